The molecule has 0 saturated carbocycles. The molecule has 0 unspecified atom stereocenters. The van der Waals surface area contributed by atoms with E-state index in [2.05, 4.69) is 34.5 Å². The van der Waals surface area contributed by atoms with Gasteiger partial charge in [-0.2, -0.15) is 15.0 Å². The van der Waals surface area contributed by atoms with Crippen molar-refractivity contribution in [1.82, 2.24) is 19.9 Å². The van der Waals surface area contributed by atoms with Crippen LogP contribution in [-0.2, 0) is 17.8 Å². The lowest BCUT2D eigenvalue weighted by Crippen LogP contribution is -2.49. The Hall–Kier alpha value is -2.73. The molecular formula is C23H28N4O2. The standard InChI is InChI=1S/C23H28N4O2/c28-18-23(13-6-10-19-8-2-1-3-9-19)14-7-15-26(17-23)22(29)16-27-24-20-11-4-5-12-21(20)25-27/h1-5,8-9,11-12,28H,6-7,10,13-18H2/t23-/m1/s1. The number of benzene rings is 2. The van der Waals surface area contributed by atoms with Gasteiger partial charge in [0, 0.05) is 18.5 Å². The van der Waals surface area contributed by atoms with E-state index < -0.39 is 0 Å². The summed E-state index contributed by atoms with van der Waals surface area (Å²) in [5.41, 5.74) is 2.71. The second kappa shape index (κ2) is 8.74. The summed E-state index contributed by atoms with van der Waals surface area (Å²) < 4.78 is 0. The van der Waals surface area contributed by atoms with Gasteiger partial charge in [0.2, 0.25) is 5.91 Å². The molecule has 152 valence electrons. The number of carbonyl (C=O) groups is 1. The minimum atomic E-state index is -0.203. The molecule has 1 aliphatic rings. The van der Waals surface area contributed by atoms with Crippen molar-refractivity contribution in [1.29, 1.82) is 0 Å². The number of aryl methyl sites for hydroxylation is 1. The summed E-state index contributed by atoms with van der Waals surface area (Å²) in [4.78, 5) is 16.3. The molecule has 6 heteroatoms. The van der Waals surface area contributed by atoms with E-state index in [0.29, 0.717) is 6.54 Å². The largest absolute Gasteiger partial charge is 0.396 e. The molecule has 1 aliphatic heterocycles. The first-order chi connectivity index (χ1) is 14.2. The lowest BCUT2D eigenvalue weighted by atomic mass is 9.76. The first-order valence-electron chi connectivity index (χ1n) is 10.4. The Morgan fingerprint density at radius 3 is 2.41 bits per heavy atom. The molecule has 29 heavy (non-hydrogen) atoms. The topological polar surface area (TPSA) is 71.2 Å². The zero-order valence-electron chi connectivity index (χ0n) is 16.7. The average molecular weight is 393 g/mol. The van der Waals surface area contributed by atoms with E-state index in [0.717, 1.165) is 49.7 Å². The maximum Gasteiger partial charge on any atom is 0.246 e. The summed E-state index contributed by atoms with van der Waals surface area (Å²) in [7, 11) is 0. The molecule has 1 saturated heterocycles. The molecule has 1 atom stereocenters. The molecule has 2 heterocycles. The summed E-state index contributed by atoms with van der Waals surface area (Å²) in [6.45, 7) is 1.60. The van der Waals surface area contributed by atoms with Crippen molar-refractivity contribution in [3.8, 4) is 0 Å². The molecular weight excluding hydrogens is 364 g/mol. The van der Waals surface area contributed by atoms with Crippen LogP contribution in [0.25, 0.3) is 11.0 Å². The van der Waals surface area contributed by atoms with Gasteiger partial charge in [0.15, 0.2) is 0 Å². The van der Waals surface area contributed by atoms with E-state index in [4.69, 9.17) is 0 Å². The molecule has 4 rings (SSSR count). The molecule has 1 fully saturated rings. The van der Waals surface area contributed by atoms with Crippen LogP contribution in [0.1, 0.15) is 31.2 Å². The zero-order chi connectivity index (χ0) is 20.1. The third-order valence-corrected chi connectivity index (χ3v) is 5.97. The Balaban J connectivity index is 1.36. The molecule has 6 nitrogen and oxygen atoms in total. The summed E-state index contributed by atoms with van der Waals surface area (Å²) in [5.74, 6) is 0.0193. The van der Waals surface area contributed by atoms with Gasteiger partial charge in [-0.3, -0.25) is 4.79 Å². The maximum absolute atomic E-state index is 12.9. The SMILES string of the molecule is O=C(Cn1nc2ccccc2n1)N1CCC[C@](CO)(CCCc2ccccc2)C1. The van der Waals surface area contributed by atoms with E-state index in [1.165, 1.54) is 10.4 Å². The van der Waals surface area contributed by atoms with Gasteiger partial charge in [0.05, 0.1) is 6.61 Å². The van der Waals surface area contributed by atoms with Crippen LogP contribution in [0.3, 0.4) is 0 Å². The Labute approximate surface area is 171 Å². The van der Waals surface area contributed by atoms with Gasteiger partial charge in [-0.15, -0.1) is 0 Å². The molecule has 1 aromatic heterocycles. The monoisotopic (exact) mass is 392 g/mol. The number of aliphatic hydroxyl groups excluding tert-OH is 1. The second-order valence-electron chi connectivity index (χ2n) is 8.14. The summed E-state index contributed by atoms with van der Waals surface area (Å²) in [6, 6.07) is 18.1. The van der Waals surface area contributed by atoms with Crippen LogP contribution < -0.4 is 0 Å². The average Bonchev–Trinajstić information content (AvgIpc) is 3.17. The Bertz CT molecular complexity index is 923. The van der Waals surface area contributed by atoms with E-state index >= 15 is 0 Å². The van der Waals surface area contributed by atoms with E-state index in [-0.39, 0.29) is 24.5 Å². The molecule has 2 aromatic carbocycles. The fraction of sp³-hybridized carbons (Fsp3) is 0.435. The number of fused-ring (bicyclic) bond motifs is 1. The third kappa shape index (κ3) is 4.65. The number of aromatic nitrogens is 3. The predicted molar refractivity (Wildman–Crippen MR) is 112 cm³/mol. The molecule has 0 radical (unpaired) electrons. The van der Waals surface area contributed by atoms with Crippen LogP contribution in [-0.4, -0.2) is 50.6 Å². The van der Waals surface area contributed by atoms with E-state index in [1.807, 2.05) is 35.2 Å². The third-order valence-electron chi connectivity index (χ3n) is 5.97. The first kappa shape index (κ1) is 19.6. The highest BCUT2D eigenvalue weighted by Crippen LogP contribution is 2.35. The van der Waals surface area contributed by atoms with Crippen molar-refractivity contribution in [3.05, 3.63) is 60.2 Å². The van der Waals surface area contributed by atoms with Crippen molar-refractivity contribution in [3.63, 3.8) is 0 Å². The number of amides is 1. The highest BCUT2D eigenvalue weighted by molar-refractivity contribution is 5.77. The van der Waals surface area contributed by atoms with Gasteiger partial charge < -0.3 is 10.0 Å². The van der Waals surface area contributed by atoms with E-state index in [1.54, 1.807) is 0 Å². The van der Waals surface area contributed by atoms with Crippen LogP contribution in [0.5, 0.6) is 0 Å². The number of nitrogens with zero attached hydrogens (tertiary/aromatic N) is 4. The Morgan fingerprint density at radius 2 is 1.72 bits per heavy atom. The van der Waals surface area contributed by atoms with Crippen LogP contribution >= 0.6 is 0 Å². The van der Waals surface area contributed by atoms with Gasteiger partial charge in [-0.1, -0.05) is 42.5 Å². The van der Waals surface area contributed by atoms with Crippen LogP contribution in [0.15, 0.2) is 54.6 Å². The Kier molecular flexibility index (Phi) is 5.90. The van der Waals surface area contributed by atoms with Crippen molar-refractivity contribution in [2.24, 2.45) is 5.41 Å². The minimum Gasteiger partial charge on any atom is -0.396 e. The van der Waals surface area contributed by atoms with Crippen LogP contribution in [0, 0.1) is 5.41 Å². The first-order valence-corrected chi connectivity index (χ1v) is 10.4. The molecule has 0 aliphatic carbocycles. The summed E-state index contributed by atoms with van der Waals surface area (Å²) in [6.07, 6.45) is 4.82. The zero-order valence-corrected chi connectivity index (χ0v) is 16.7. The number of hydrogen-bond donors (Lipinski definition) is 1. The van der Waals surface area contributed by atoms with Crippen LogP contribution in [0.2, 0.25) is 0 Å². The number of rotatable bonds is 7. The molecule has 0 spiro atoms. The lowest BCUT2D eigenvalue weighted by molar-refractivity contribution is -0.136. The molecule has 1 N–H and O–H groups in total. The van der Waals surface area contributed by atoms with Gasteiger partial charge in [-0.25, -0.2) is 0 Å². The van der Waals surface area contributed by atoms with Crippen molar-refractivity contribution in [2.75, 3.05) is 19.7 Å². The maximum atomic E-state index is 12.9. The highest BCUT2D eigenvalue weighted by Gasteiger charge is 2.36. The molecule has 0 bridgehead atoms. The molecule has 1 amide bonds. The fourth-order valence-corrected chi connectivity index (χ4v) is 4.34. The van der Waals surface area contributed by atoms with Crippen LogP contribution in [0.4, 0.5) is 0 Å². The predicted octanol–water partition coefficient (Wildman–Crippen LogP) is 3.06. The quantitative estimate of drug-likeness (QED) is 0.671. The van der Waals surface area contributed by atoms with Gasteiger partial charge >= 0.3 is 0 Å². The molecule has 3 aromatic rings. The van der Waals surface area contributed by atoms with Gasteiger partial charge in [0.25, 0.3) is 0 Å². The van der Waals surface area contributed by atoms with Crippen molar-refractivity contribution < 1.29 is 9.90 Å². The number of piperidine rings is 1. The van der Waals surface area contributed by atoms with Gasteiger partial charge in [-0.05, 0) is 49.8 Å². The Morgan fingerprint density at radius 1 is 1.03 bits per heavy atom. The summed E-state index contributed by atoms with van der Waals surface area (Å²) in [5, 5.41) is 18.9. The second-order valence-corrected chi connectivity index (χ2v) is 8.14. The smallest absolute Gasteiger partial charge is 0.246 e. The lowest BCUT2D eigenvalue weighted by Gasteiger charge is -2.42. The van der Waals surface area contributed by atoms with Crippen molar-refractivity contribution >= 4 is 16.9 Å². The number of aliphatic hydroxyl groups is 1. The summed E-state index contributed by atoms with van der Waals surface area (Å²) >= 11 is 0. The fourth-order valence-electron chi connectivity index (χ4n) is 4.34. The van der Waals surface area contributed by atoms with E-state index in [9.17, 15) is 9.90 Å². The highest BCUT2D eigenvalue weighted by atomic mass is 16.3. The van der Waals surface area contributed by atoms with Gasteiger partial charge in [0.1, 0.15) is 17.6 Å². The number of hydrogen-bond acceptors (Lipinski definition) is 4. The number of carbonyl (C=O) groups excluding carboxylic acids is 1. The normalized spacial score (nSPS) is 19.6. The number of likely N-dealkylation sites (tertiary alicyclic amines) is 1. The minimum absolute atomic E-state index is 0.0193. The van der Waals surface area contributed by atoms with Crippen molar-refractivity contribution in [2.45, 2.75) is 38.6 Å².